The fraction of sp³-hybridized carbons (Fsp3) is 0.600. The third kappa shape index (κ3) is 3.21. The van der Waals surface area contributed by atoms with Crippen LogP contribution in [0.25, 0.3) is 0 Å². The number of rotatable bonds is 4. The van der Waals surface area contributed by atoms with Gasteiger partial charge in [-0.1, -0.05) is 18.3 Å². The number of carbonyl (C=O) groups is 1. The minimum atomic E-state index is -0.105. The maximum absolute atomic E-state index is 12.6. The Labute approximate surface area is 139 Å². The summed E-state index contributed by atoms with van der Waals surface area (Å²) in [5.41, 5.74) is 3.14. The van der Waals surface area contributed by atoms with Crippen molar-refractivity contribution in [3.05, 3.63) is 22.0 Å². The summed E-state index contributed by atoms with van der Waals surface area (Å²) >= 11 is 1.45. The predicted molar refractivity (Wildman–Crippen MR) is 89.7 cm³/mol. The van der Waals surface area contributed by atoms with Crippen LogP contribution in [-0.4, -0.2) is 37.9 Å². The van der Waals surface area contributed by atoms with Gasteiger partial charge in [-0.25, -0.2) is 4.79 Å². The Morgan fingerprint density at radius 1 is 1.43 bits per heavy atom. The molecule has 0 aliphatic carbocycles. The van der Waals surface area contributed by atoms with Gasteiger partial charge in [0.15, 0.2) is 0 Å². The number of hydrogen-bond acceptors (Lipinski definition) is 5. The van der Waals surface area contributed by atoms with Crippen LogP contribution in [0.2, 0.25) is 0 Å². The second-order valence-electron chi connectivity index (χ2n) is 5.88. The van der Waals surface area contributed by atoms with Gasteiger partial charge in [0.05, 0.1) is 11.7 Å². The lowest BCUT2D eigenvalue weighted by atomic mass is 10.0. The number of aromatic nitrogens is 4. The number of aryl methyl sites for hydroxylation is 3. The molecule has 1 aliphatic heterocycles. The van der Waals surface area contributed by atoms with Gasteiger partial charge in [-0.3, -0.25) is 10.4 Å². The smallest absolute Gasteiger partial charge is 0.317 e. The number of carbonyl (C=O) groups excluding carboxylic acids is 1. The Hall–Kier alpha value is -1.96. The third-order valence-electron chi connectivity index (χ3n) is 4.18. The van der Waals surface area contributed by atoms with Crippen molar-refractivity contribution in [1.82, 2.24) is 25.3 Å². The molecule has 0 aromatic carbocycles. The summed E-state index contributed by atoms with van der Waals surface area (Å²) in [5, 5.41) is 19.9. The van der Waals surface area contributed by atoms with Crippen LogP contribution >= 0.6 is 11.3 Å². The Morgan fingerprint density at radius 3 is 2.96 bits per heavy atom. The van der Waals surface area contributed by atoms with Crippen molar-refractivity contribution in [2.24, 2.45) is 0 Å². The van der Waals surface area contributed by atoms with Crippen LogP contribution in [0.4, 0.5) is 9.93 Å². The number of nitrogens with one attached hydrogen (secondary N) is 2. The molecule has 3 rings (SSSR count). The second-order valence-corrected chi connectivity index (χ2v) is 6.94. The first-order chi connectivity index (χ1) is 11.1. The van der Waals surface area contributed by atoms with Gasteiger partial charge in [0.2, 0.25) is 5.13 Å². The lowest BCUT2D eigenvalue weighted by Gasteiger charge is -2.24. The first-order valence-electron chi connectivity index (χ1n) is 8.01. The Morgan fingerprint density at radius 2 is 2.26 bits per heavy atom. The van der Waals surface area contributed by atoms with Crippen LogP contribution in [0.15, 0.2) is 0 Å². The minimum absolute atomic E-state index is 0.0804. The molecule has 1 atom stereocenters. The average Bonchev–Trinajstić information content (AvgIpc) is 3.21. The monoisotopic (exact) mass is 334 g/mol. The Bertz CT molecular complexity index is 674. The van der Waals surface area contributed by atoms with E-state index < -0.39 is 0 Å². The first kappa shape index (κ1) is 15.9. The quantitative estimate of drug-likeness (QED) is 0.899. The summed E-state index contributed by atoms with van der Waals surface area (Å²) < 4.78 is 0. The summed E-state index contributed by atoms with van der Waals surface area (Å²) in [4.78, 5) is 14.5. The molecule has 2 amide bonds. The van der Waals surface area contributed by atoms with E-state index in [4.69, 9.17) is 0 Å². The summed E-state index contributed by atoms with van der Waals surface area (Å²) in [7, 11) is 0. The van der Waals surface area contributed by atoms with E-state index in [1.54, 1.807) is 0 Å². The van der Waals surface area contributed by atoms with Crippen LogP contribution < -0.4 is 5.32 Å². The zero-order valence-corrected chi connectivity index (χ0v) is 14.5. The highest BCUT2D eigenvalue weighted by molar-refractivity contribution is 7.15. The number of amides is 2. The second kappa shape index (κ2) is 6.66. The molecule has 2 aromatic rings. The summed E-state index contributed by atoms with van der Waals surface area (Å²) in [5.74, 6) is 0. The summed E-state index contributed by atoms with van der Waals surface area (Å²) in [6.45, 7) is 6.84. The van der Waals surface area contributed by atoms with Crippen LogP contribution in [0, 0.1) is 13.8 Å². The van der Waals surface area contributed by atoms with Gasteiger partial charge >= 0.3 is 6.03 Å². The molecule has 2 N–H and O–H groups in total. The van der Waals surface area contributed by atoms with E-state index in [0.717, 1.165) is 54.2 Å². The zero-order valence-electron chi connectivity index (χ0n) is 13.7. The van der Waals surface area contributed by atoms with Crippen LogP contribution in [0.1, 0.15) is 54.2 Å². The maximum atomic E-state index is 12.6. The first-order valence-corrected chi connectivity index (χ1v) is 8.83. The van der Waals surface area contributed by atoms with Crippen LogP contribution in [0.5, 0.6) is 0 Å². The number of nitrogens with zero attached hydrogens (tertiary/aromatic N) is 4. The van der Waals surface area contributed by atoms with Crippen LogP contribution in [-0.2, 0) is 6.42 Å². The van der Waals surface area contributed by atoms with E-state index in [1.165, 1.54) is 11.3 Å². The van der Waals surface area contributed by atoms with E-state index in [0.29, 0.717) is 5.13 Å². The molecule has 0 bridgehead atoms. The third-order valence-corrected chi connectivity index (χ3v) is 5.08. The topological polar surface area (TPSA) is 86.8 Å². The molecule has 1 aliphatic rings. The minimum Gasteiger partial charge on any atom is -0.317 e. The lowest BCUT2D eigenvalue weighted by molar-refractivity contribution is 0.207. The molecule has 2 aromatic heterocycles. The highest BCUT2D eigenvalue weighted by atomic mass is 32.1. The van der Waals surface area contributed by atoms with Gasteiger partial charge in [0.25, 0.3) is 0 Å². The Kier molecular flexibility index (Phi) is 4.61. The molecule has 23 heavy (non-hydrogen) atoms. The summed E-state index contributed by atoms with van der Waals surface area (Å²) in [6, 6.07) is -0.0246. The van der Waals surface area contributed by atoms with Crippen molar-refractivity contribution in [2.75, 3.05) is 11.9 Å². The van der Waals surface area contributed by atoms with Gasteiger partial charge in [0.1, 0.15) is 5.01 Å². The van der Waals surface area contributed by atoms with Gasteiger partial charge in [-0.2, -0.15) is 5.10 Å². The van der Waals surface area contributed by atoms with Crippen molar-refractivity contribution in [3.63, 3.8) is 0 Å². The van der Waals surface area contributed by atoms with Crippen molar-refractivity contribution in [1.29, 1.82) is 0 Å². The maximum Gasteiger partial charge on any atom is 0.324 e. The number of H-pyrrole nitrogens is 1. The van der Waals surface area contributed by atoms with Crippen molar-refractivity contribution >= 4 is 22.5 Å². The summed E-state index contributed by atoms with van der Waals surface area (Å²) in [6.07, 6.45) is 3.88. The predicted octanol–water partition coefficient (Wildman–Crippen LogP) is 3.20. The molecule has 1 unspecified atom stereocenters. The van der Waals surface area contributed by atoms with Gasteiger partial charge in [-0.05, 0) is 33.1 Å². The molecular weight excluding hydrogens is 312 g/mol. The number of likely N-dealkylation sites (tertiary alicyclic amines) is 1. The van der Waals surface area contributed by atoms with Crippen LogP contribution in [0.3, 0.4) is 0 Å². The normalized spacial score (nSPS) is 17.7. The van der Waals surface area contributed by atoms with E-state index in [-0.39, 0.29) is 12.1 Å². The zero-order chi connectivity index (χ0) is 16.4. The molecule has 0 spiro atoms. The average molecular weight is 334 g/mol. The van der Waals surface area contributed by atoms with E-state index in [1.807, 2.05) is 18.7 Å². The fourth-order valence-corrected chi connectivity index (χ4v) is 3.97. The fourth-order valence-electron chi connectivity index (χ4n) is 3.14. The van der Waals surface area contributed by atoms with Gasteiger partial charge in [0, 0.05) is 24.2 Å². The standard InChI is InChI=1S/C15H22N6OS/c1-4-6-12-19-20-14(23-12)16-15(22)21-8-5-7-11(21)13-9(2)17-18-10(13)3/h11H,4-8H2,1-3H3,(H,17,18)(H,16,20,22). The lowest BCUT2D eigenvalue weighted by Crippen LogP contribution is -2.34. The number of aromatic amines is 1. The Balaban J connectivity index is 1.73. The highest BCUT2D eigenvalue weighted by Crippen LogP contribution is 2.35. The molecule has 124 valence electrons. The largest absolute Gasteiger partial charge is 0.324 e. The van der Waals surface area contributed by atoms with Crippen molar-refractivity contribution in [3.8, 4) is 0 Å². The molecule has 0 radical (unpaired) electrons. The number of urea groups is 1. The van der Waals surface area contributed by atoms with E-state index in [2.05, 4.69) is 32.6 Å². The number of hydrogen-bond donors (Lipinski definition) is 2. The number of anilines is 1. The molecular formula is C15H22N6OS. The molecule has 8 heteroatoms. The van der Waals surface area contributed by atoms with Crippen molar-refractivity contribution < 1.29 is 4.79 Å². The molecule has 3 heterocycles. The molecule has 0 saturated carbocycles. The molecule has 1 fully saturated rings. The molecule has 7 nitrogen and oxygen atoms in total. The van der Waals surface area contributed by atoms with Gasteiger partial charge in [-0.15, -0.1) is 10.2 Å². The van der Waals surface area contributed by atoms with Crippen molar-refractivity contribution in [2.45, 2.75) is 52.5 Å². The SMILES string of the molecule is CCCc1nnc(NC(=O)N2CCCC2c2c(C)n[nH]c2C)s1. The highest BCUT2D eigenvalue weighted by Gasteiger charge is 2.33. The van der Waals surface area contributed by atoms with Gasteiger partial charge < -0.3 is 4.90 Å². The molecule has 1 saturated heterocycles. The van der Waals surface area contributed by atoms with E-state index in [9.17, 15) is 4.79 Å². The van der Waals surface area contributed by atoms with E-state index >= 15 is 0 Å².